The Balaban J connectivity index is 2.07. The number of hydrogen-bond donors (Lipinski definition) is 1. The van der Waals surface area contributed by atoms with Crippen molar-refractivity contribution < 1.29 is 18.6 Å². The summed E-state index contributed by atoms with van der Waals surface area (Å²) in [5.74, 6) is -2.17. The molecule has 0 amide bonds. The van der Waals surface area contributed by atoms with Crippen LogP contribution in [0.5, 0.6) is 5.75 Å². The van der Waals surface area contributed by atoms with Crippen LogP contribution in [-0.4, -0.2) is 22.8 Å². The van der Waals surface area contributed by atoms with Gasteiger partial charge in [-0.1, -0.05) is 30.9 Å². The Hall–Kier alpha value is -2.53. The Morgan fingerprint density at radius 2 is 2.04 bits per heavy atom. The molecule has 0 radical (unpaired) electrons. The third-order valence-corrected chi connectivity index (χ3v) is 3.77. The number of allylic oxidation sites excluding steroid dienone is 1. The zero-order valence-electron chi connectivity index (χ0n) is 14.8. The highest BCUT2D eigenvalue weighted by molar-refractivity contribution is 5.63. The fraction of sp³-hybridized carbons (Fsp3) is 0.286. The number of pyridine rings is 1. The van der Waals surface area contributed by atoms with Crippen molar-refractivity contribution in [3.8, 4) is 17.0 Å². The number of nitrogens with zero attached hydrogens (tertiary/aromatic N) is 1. The highest BCUT2D eigenvalue weighted by Gasteiger charge is 2.16. The molecule has 1 aromatic heterocycles. The van der Waals surface area contributed by atoms with Gasteiger partial charge in [0.2, 0.25) is 5.82 Å². The fourth-order valence-electron chi connectivity index (χ4n) is 2.40. The monoisotopic (exact) mass is 359 g/mol. The highest BCUT2D eigenvalue weighted by atomic mass is 19.2. The molecule has 2 aromatic rings. The molecule has 0 aliphatic carbocycles. The Morgan fingerprint density at radius 3 is 2.69 bits per heavy atom. The van der Waals surface area contributed by atoms with Gasteiger partial charge < -0.3 is 9.84 Å². The second-order valence-corrected chi connectivity index (χ2v) is 6.00. The van der Waals surface area contributed by atoms with Crippen molar-refractivity contribution in [2.24, 2.45) is 0 Å². The number of benzene rings is 1. The lowest BCUT2D eigenvalue weighted by molar-refractivity contribution is 0.182. The first kappa shape index (κ1) is 19.8. The SMILES string of the molecule is C=CCOc1ccc(-c2ccc(/C=C/CCCC(C)O)cn2)c(F)c1F. The van der Waals surface area contributed by atoms with Gasteiger partial charge in [-0.2, -0.15) is 4.39 Å². The molecular weight excluding hydrogens is 336 g/mol. The molecule has 26 heavy (non-hydrogen) atoms. The van der Waals surface area contributed by atoms with Crippen molar-refractivity contribution in [3.05, 3.63) is 66.4 Å². The summed E-state index contributed by atoms with van der Waals surface area (Å²) in [4.78, 5) is 4.21. The number of aliphatic hydroxyl groups is 1. The number of rotatable bonds is 9. The number of halogens is 2. The van der Waals surface area contributed by atoms with E-state index >= 15 is 0 Å². The highest BCUT2D eigenvalue weighted by Crippen LogP contribution is 2.29. The van der Waals surface area contributed by atoms with E-state index < -0.39 is 11.6 Å². The van der Waals surface area contributed by atoms with Gasteiger partial charge >= 0.3 is 0 Å². The number of ether oxygens (including phenoxy) is 1. The van der Waals surface area contributed by atoms with Gasteiger partial charge in [-0.05, 0) is 49.9 Å². The molecule has 3 nitrogen and oxygen atoms in total. The molecule has 0 aliphatic heterocycles. The molecule has 5 heteroatoms. The molecule has 2 rings (SSSR count). The number of aromatic nitrogens is 1. The molecular formula is C21H23F2NO2. The maximum absolute atomic E-state index is 14.3. The number of hydrogen-bond acceptors (Lipinski definition) is 3. The van der Waals surface area contributed by atoms with Gasteiger partial charge in [0.05, 0.1) is 11.8 Å². The molecule has 0 fully saturated rings. The van der Waals surface area contributed by atoms with Crippen LogP contribution < -0.4 is 4.74 Å². The first-order valence-electron chi connectivity index (χ1n) is 8.55. The molecule has 138 valence electrons. The zero-order chi connectivity index (χ0) is 18.9. The Bertz CT molecular complexity index is 755. The van der Waals surface area contributed by atoms with Crippen LogP contribution in [0.15, 0.2) is 49.2 Å². The molecule has 0 bridgehead atoms. The third kappa shape index (κ3) is 5.49. The first-order valence-corrected chi connectivity index (χ1v) is 8.55. The fourth-order valence-corrected chi connectivity index (χ4v) is 2.40. The minimum absolute atomic E-state index is 0.0842. The van der Waals surface area contributed by atoms with E-state index in [-0.39, 0.29) is 24.0 Å². The summed E-state index contributed by atoms with van der Waals surface area (Å²) >= 11 is 0. The van der Waals surface area contributed by atoms with Crippen molar-refractivity contribution in [3.63, 3.8) is 0 Å². The molecule has 0 spiro atoms. The molecule has 0 saturated heterocycles. The normalized spacial score (nSPS) is 12.3. The topological polar surface area (TPSA) is 42.4 Å². The largest absolute Gasteiger partial charge is 0.486 e. The van der Waals surface area contributed by atoms with Crippen molar-refractivity contribution >= 4 is 6.08 Å². The van der Waals surface area contributed by atoms with Gasteiger partial charge in [0.1, 0.15) is 6.61 Å². The molecule has 0 aliphatic rings. The maximum Gasteiger partial charge on any atom is 0.201 e. The smallest absolute Gasteiger partial charge is 0.201 e. The lowest BCUT2D eigenvalue weighted by Crippen LogP contribution is -1.99. The van der Waals surface area contributed by atoms with Crippen LogP contribution >= 0.6 is 0 Å². The van der Waals surface area contributed by atoms with Crippen LogP contribution in [0.2, 0.25) is 0 Å². The van der Waals surface area contributed by atoms with E-state index in [1.165, 1.54) is 18.2 Å². The lowest BCUT2D eigenvalue weighted by atomic mass is 10.1. The minimum Gasteiger partial charge on any atom is -0.486 e. The van der Waals surface area contributed by atoms with E-state index in [9.17, 15) is 13.9 Å². The van der Waals surface area contributed by atoms with Crippen molar-refractivity contribution in [1.29, 1.82) is 0 Å². The van der Waals surface area contributed by atoms with Gasteiger partial charge in [-0.25, -0.2) is 4.39 Å². The molecule has 1 unspecified atom stereocenters. The van der Waals surface area contributed by atoms with E-state index in [2.05, 4.69) is 11.6 Å². The third-order valence-electron chi connectivity index (χ3n) is 3.77. The van der Waals surface area contributed by atoms with Crippen LogP contribution in [0.25, 0.3) is 17.3 Å². The number of unbranched alkanes of at least 4 members (excludes halogenated alkanes) is 1. The number of aliphatic hydroxyl groups excluding tert-OH is 1. The average Bonchev–Trinajstić information content (AvgIpc) is 2.63. The summed E-state index contributed by atoms with van der Waals surface area (Å²) < 4.78 is 33.4. The van der Waals surface area contributed by atoms with Crippen molar-refractivity contribution in [2.45, 2.75) is 32.3 Å². The van der Waals surface area contributed by atoms with Crippen LogP contribution in [0.1, 0.15) is 31.7 Å². The minimum atomic E-state index is -1.03. The summed E-state index contributed by atoms with van der Waals surface area (Å²) in [5, 5.41) is 9.21. The van der Waals surface area contributed by atoms with Crippen LogP contribution in [0.4, 0.5) is 8.78 Å². The maximum atomic E-state index is 14.3. The predicted octanol–water partition coefficient (Wildman–Crippen LogP) is 5.16. The van der Waals surface area contributed by atoms with E-state index in [0.717, 1.165) is 24.8 Å². The van der Waals surface area contributed by atoms with Crippen molar-refractivity contribution in [1.82, 2.24) is 4.98 Å². The van der Waals surface area contributed by atoms with Gasteiger partial charge in [0, 0.05) is 11.8 Å². The van der Waals surface area contributed by atoms with Gasteiger partial charge in [-0.15, -0.1) is 0 Å². The van der Waals surface area contributed by atoms with E-state index in [0.29, 0.717) is 5.69 Å². The van der Waals surface area contributed by atoms with Crippen LogP contribution in [0, 0.1) is 11.6 Å². The summed E-state index contributed by atoms with van der Waals surface area (Å²) in [7, 11) is 0. The average molecular weight is 359 g/mol. The molecule has 1 aromatic carbocycles. The van der Waals surface area contributed by atoms with E-state index in [4.69, 9.17) is 4.74 Å². The van der Waals surface area contributed by atoms with Crippen LogP contribution in [0.3, 0.4) is 0 Å². The second kappa shape index (κ2) is 9.82. The second-order valence-electron chi connectivity index (χ2n) is 6.00. The standard InChI is InChI=1S/C21H23F2NO2/c1-3-13-26-19-12-10-17(20(22)21(19)23)18-11-9-16(14-24-18)8-6-4-5-7-15(2)25/h3,6,8-12,14-15,25H,1,4-5,7,13H2,2H3/b8-6+. The summed E-state index contributed by atoms with van der Waals surface area (Å²) in [6.45, 7) is 5.35. The summed E-state index contributed by atoms with van der Waals surface area (Å²) in [6.07, 6.45) is 9.24. The van der Waals surface area contributed by atoms with E-state index in [1.807, 2.05) is 12.2 Å². The predicted molar refractivity (Wildman–Crippen MR) is 99.8 cm³/mol. The molecule has 1 N–H and O–H groups in total. The van der Waals surface area contributed by atoms with Gasteiger partial charge in [-0.3, -0.25) is 4.98 Å². The van der Waals surface area contributed by atoms with Gasteiger partial charge in [0.15, 0.2) is 11.6 Å². The van der Waals surface area contributed by atoms with Crippen molar-refractivity contribution in [2.75, 3.05) is 6.61 Å². The van der Waals surface area contributed by atoms with Gasteiger partial charge in [0.25, 0.3) is 0 Å². The van der Waals surface area contributed by atoms with Crippen LogP contribution in [-0.2, 0) is 0 Å². The first-order chi connectivity index (χ1) is 12.5. The Kier molecular flexibility index (Phi) is 7.48. The summed E-state index contributed by atoms with van der Waals surface area (Å²) in [5.41, 5.74) is 1.31. The Morgan fingerprint density at radius 1 is 1.23 bits per heavy atom. The molecule has 1 atom stereocenters. The van der Waals surface area contributed by atoms with E-state index in [1.54, 1.807) is 25.3 Å². The molecule has 1 heterocycles. The quantitative estimate of drug-likeness (QED) is 0.497. The molecule has 0 saturated carbocycles. The Labute approximate surface area is 152 Å². The summed E-state index contributed by atoms with van der Waals surface area (Å²) in [6, 6.07) is 6.28. The zero-order valence-corrected chi connectivity index (χ0v) is 14.8. The lowest BCUT2D eigenvalue weighted by Gasteiger charge is -2.09.